The van der Waals surface area contributed by atoms with E-state index in [4.69, 9.17) is 4.74 Å². The monoisotopic (exact) mass is 275 g/mol. The number of aromatic nitrogens is 1. The zero-order valence-corrected chi connectivity index (χ0v) is 11.8. The number of rotatable bonds is 2. The Morgan fingerprint density at radius 2 is 2.45 bits per heavy atom. The molecule has 3 heterocycles. The molecule has 2 N–H and O–H groups in total. The van der Waals surface area contributed by atoms with Crippen LogP contribution in [0.25, 0.3) is 0 Å². The highest BCUT2D eigenvalue weighted by atomic mass is 16.5. The molecule has 5 nitrogen and oxygen atoms in total. The van der Waals surface area contributed by atoms with Crippen molar-refractivity contribution in [2.45, 2.75) is 37.9 Å². The van der Waals surface area contributed by atoms with Gasteiger partial charge >= 0.3 is 0 Å². The standard InChI is InChI=1S/C15H21N3O2/c1-11-9-17-8-6-15(11)5-4-13(20-15)14(19)18-12-3-2-7-16-10-12/h2-3,7,10-11,13,17H,4-6,8-9H2,1H3,(H,18,19)/t11-,13+,15+/m0/s1. The van der Waals surface area contributed by atoms with Crippen LogP contribution >= 0.6 is 0 Å². The van der Waals surface area contributed by atoms with Crippen LogP contribution in [0.15, 0.2) is 24.5 Å². The molecule has 3 rings (SSSR count). The van der Waals surface area contributed by atoms with Gasteiger partial charge in [-0.2, -0.15) is 0 Å². The molecule has 0 unspecified atom stereocenters. The van der Waals surface area contributed by atoms with Crippen molar-refractivity contribution in [3.63, 3.8) is 0 Å². The number of nitrogens with one attached hydrogen (secondary N) is 2. The number of anilines is 1. The van der Waals surface area contributed by atoms with Crippen LogP contribution in [0.1, 0.15) is 26.2 Å². The van der Waals surface area contributed by atoms with Crippen molar-refractivity contribution >= 4 is 11.6 Å². The quantitative estimate of drug-likeness (QED) is 0.860. The van der Waals surface area contributed by atoms with Crippen LogP contribution in [0, 0.1) is 5.92 Å². The van der Waals surface area contributed by atoms with E-state index in [2.05, 4.69) is 22.5 Å². The number of amides is 1. The van der Waals surface area contributed by atoms with E-state index >= 15 is 0 Å². The van der Waals surface area contributed by atoms with Crippen molar-refractivity contribution in [1.29, 1.82) is 0 Å². The molecule has 0 aliphatic carbocycles. The summed E-state index contributed by atoms with van der Waals surface area (Å²) >= 11 is 0. The van der Waals surface area contributed by atoms with Gasteiger partial charge in [0.2, 0.25) is 0 Å². The minimum Gasteiger partial charge on any atom is -0.362 e. The Morgan fingerprint density at radius 3 is 3.20 bits per heavy atom. The molecular formula is C15H21N3O2. The third-order valence-corrected chi connectivity index (χ3v) is 4.50. The Labute approximate surface area is 119 Å². The van der Waals surface area contributed by atoms with Gasteiger partial charge in [0.15, 0.2) is 0 Å². The van der Waals surface area contributed by atoms with E-state index < -0.39 is 0 Å². The number of carbonyl (C=O) groups is 1. The van der Waals surface area contributed by atoms with Crippen LogP contribution < -0.4 is 10.6 Å². The van der Waals surface area contributed by atoms with Crippen molar-refractivity contribution < 1.29 is 9.53 Å². The molecule has 2 aliphatic heterocycles. The first-order chi connectivity index (χ1) is 9.70. The zero-order chi connectivity index (χ0) is 14.0. The summed E-state index contributed by atoms with van der Waals surface area (Å²) in [6.07, 6.45) is 5.77. The van der Waals surface area contributed by atoms with E-state index in [0.29, 0.717) is 5.92 Å². The van der Waals surface area contributed by atoms with Crippen LogP contribution in [-0.4, -0.2) is 35.7 Å². The van der Waals surface area contributed by atoms with Gasteiger partial charge in [0.25, 0.3) is 5.91 Å². The normalized spacial score (nSPS) is 33.2. The van der Waals surface area contributed by atoms with Crippen LogP contribution in [0.3, 0.4) is 0 Å². The first kappa shape index (κ1) is 13.5. The molecule has 2 saturated heterocycles. The molecule has 2 fully saturated rings. The molecule has 3 atom stereocenters. The van der Waals surface area contributed by atoms with Gasteiger partial charge < -0.3 is 15.4 Å². The lowest BCUT2D eigenvalue weighted by atomic mass is 9.81. The third kappa shape index (κ3) is 2.55. The fraction of sp³-hybridized carbons (Fsp3) is 0.600. The number of carbonyl (C=O) groups excluding carboxylic acids is 1. The van der Waals surface area contributed by atoms with Gasteiger partial charge in [-0.1, -0.05) is 6.92 Å². The smallest absolute Gasteiger partial charge is 0.253 e. The summed E-state index contributed by atoms with van der Waals surface area (Å²) in [7, 11) is 0. The Hall–Kier alpha value is -1.46. The summed E-state index contributed by atoms with van der Waals surface area (Å²) in [6.45, 7) is 4.14. The van der Waals surface area contributed by atoms with Crippen molar-refractivity contribution in [3.8, 4) is 0 Å². The molecule has 1 amide bonds. The largest absolute Gasteiger partial charge is 0.362 e. The van der Waals surface area contributed by atoms with E-state index in [0.717, 1.165) is 38.0 Å². The Bertz CT molecular complexity index is 479. The van der Waals surface area contributed by atoms with E-state index in [1.165, 1.54) is 0 Å². The molecular weight excluding hydrogens is 254 g/mol. The highest BCUT2D eigenvalue weighted by Gasteiger charge is 2.47. The zero-order valence-electron chi connectivity index (χ0n) is 11.8. The Balaban J connectivity index is 1.63. The summed E-state index contributed by atoms with van der Waals surface area (Å²) in [5.41, 5.74) is 0.614. The maximum absolute atomic E-state index is 12.3. The molecule has 0 bridgehead atoms. The number of piperidine rings is 1. The average molecular weight is 275 g/mol. The minimum absolute atomic E-state index is 0.0550. The summed E-state index contributed by atoms with van der Waals surface area (Å²) in [5, 5.41) is 6.26. The molecule has 1 aromatic heterocycles. The van der Waals surface area contributed by atoms with E-state index in [1.807, 2.05) is 12.1 Å². The summed E-state index contributed by atoms with van der Waals surface area (Å²) in [6, 6.07) is 3.64. The van der Waals surface area contributed by atoms with Gasteiger partial charge in [-0.25, -0.2) is 0 Å². The molecule has 1 aromatic rings. The number of ether oxygens (including phenoxy) is 1. The first-order valence-electron chi connectivity index (χ1n) is 7.29. The maximum atomic E-state index is 12.3. The second kappa shape index (κ2) is 5.50. The van der Waals surface area contributed by atoms with E-state index in [1.54, 1.807) is 12.4 Å². The first-order valence-corrected chi connectivity index (χ1v) is 7.29. The predicted octanol–water partition coefficient (Wildman–Crippen LogP) is 1.57. The average Bonchev–Trinajstić information content (AvgIpc) is 2.89. The summed E-state index contributed by atoms with van der Waals surface area (Å²) in [4.78, 5) is 16.3. The van der Waals surface area contributed by atoms with Crippen molar-refractivity contribution in [3.05, 3.63) is 24.5 Å². The van der Waals surface area contributed by atoms with Gasteiger partial charge in [0.05, 0.1) is 17.5 Å². The topological polar surface area (TPSA) is 63.2 Å². The lowest BCUT2D eigenvalue weighted by molar-refractivity contribution is -0.138. The molecule has 1 spiro atoms. The van der Waals surface area contributed by atoms with Gasteiger partial charge in [0, 0.05) is 12.7 Å². The number of hydrogen-bond acceptors (Lipinski definition) is 4. The molecule has 5 heteroatoms. The lowest BCUT2D eigenvalue weighted by Gasteiger charge is -2.39. The van der Waals surface area contributed by atoms with Crippen molar-refractivity contribution in [2.24, 2.45) is 5.92 Å². The number of pyridine rings is 1. The molecule has 108 valence electrons. The highest BCUT2D eigenvalue weighted by molar-refractivity contribution is 5.94. The lowest BCUT2D eigenvalue weighted by Crippen LogP contribution is -2.49. The molecule has 0 radical (unpaired) electrons. The van der Waals surface area contributed by atoms with Crippen molar-refractivity contribution in [2.75, 3.05) is 18.4 Å². The fourth-order valence-electron chi connectivity index (χ4n) is 3.22. The Kier molecular flexibility index (Phi) is 3.72. The van der Waals surface area contributed by atoms with Gasteiger partial charge in [-0.3, -0.25) is 9.78 Å². The second-order valence-corrected chi connectivity index (χ2v) is 5.80. The summed E-state index contributed by atoms with van der Waals surface area (Å²) < 4.78 is 6.16. The van der Waals surface area contributed by atoms with Crippen LogP contribution in [0.5, 0.6) is 0 Å². The van der Waals surface area contributed by atoms with Gasteiger partial charge in [0.1, 0.15) is 6.10 Å². The highest BCUT2D eigenvalue weighted by Crippen LogP contribution is 2.40. The minimum atomic E-state index is -0.337. The fourth-order valence-corrected chi connectivity index (χ4v) is 3.22. The van der Waals surface area contributed by atoms with Crippen molar-refractivity contribution in [1.82, 2.24) is 10.3 Å². The van der Waals surface area contributed by atoms with Crippen LogP contribution in [-0.2, 0) is 9.53 Å². The summed E-state index contributed by atoms with van der Waals surface area (Å²) in [5.74, 6) is 0.396. The SMILES string of the molecule is C[C@H]1CNCC[C@]12CC[C@H](C(=O)Nc1cccnc1)O2. The van der Waals surface area contributed by atoms with Gasteiger partial charge in [-0.05, 0) is 43.9 Å². The van der Waals surface area contributed by atoms with E-state index in [-0.39, 0.29) is 17.6 Å². The molecule has 0 saturated carbocycles. The second-order valence-electron chi connectivity index (χ2n) is 5.80. The predicted molar refractivity (Wildman–Crippen MR) is 76.4 cm³/mol. The molecule has 2 aliphatic rings. The number of nitrogens with zero attached hydrogens (tertiary/aromatic N) is 1. The van der Waals surface area contributed by atoms with Gasteiger partial charge in [-0.15, -0.1) is 0 Å². The van der Waals surface area contributed by atoms with Crippen LogP contribution in [0.4, 0.5) is 5.69 Å². The van der Waals surface area contributed by atoms with E-state index in [9.17, 15) is 4.79 Å². The molecule has 20 heavy (non-hydrogen) atoms. The molecule has 0 aromatic carbocycles. The number of hydrogen-bond donors (Lipinski definition) is 2. The van der Waals surface area contributed by atoms with Crippen LogP contribution in [0.2, 0.25) is 0 Å². The maximum Gasteiger partial charge on any atom is 0.253 e. The third-order valence-electron chi connectivity index (χ3n) is 4.50. The Morgan fingerprint density at radius 1 is 1.55 bits per heavy atom.